The second-order valence-corrected chi connectivity index (χ2v) is 4.59. The first-order chi connectivity index (χ1) is 9.70. The second kappa shape index (κ2) is 7.29. The van der Waals surface area contributed by atoms with E-state index in [1.54, 1.807) is 4.68 Å². The van der Waals surface area contributed by atoms with Gasteiger partial charge in [0.15, 0.2) is 5.82 Å². The standard InChI is InChI=1S/C14H16N6.2ClH/c1-3-13-16-17-14(19(13)15)20-12(9-10(2)18-20)11-7-5-4-6-8-11;;/h4-9H,3,15H2,1-2H3;2*1H. The summed E-state index contributed by atoms with van der Waals surface area (Å²) in [7, 11) is 0. The molecule has 0 saturated carbocycles. The maximum atomic E-state index is 6.03. The summed E-state index contributed by atoms with van der Waals surface area (Å²) in [6.07, 6.45) is 0.727. The summed E-state index contributed by atoms with van der Waals surface area (Å²) in [6.45, 7) is 3.94. The van der Waals surface area contributed by atoms with Crippen molar-refractivity contribution in [2.45, 2.75) is 20.3 Å². The molecule has 3 aromatic rings. The summed E-state index contributed by atoms with van der Waals surface area (Å²) < 4.78 is 3.22. The summed E-state index contributed by atoms with van der Waals surface area (Å²) in [5.41, 5.74) is 2.92. The molecule has 0 aliphatic rings. The zero-order valence-corrected chi connectivity index (χ0v) is 13.9. The maximum Gasteiger partial charge on any atom is 0.271 e. The van der Waals surface area contributed by atoms with Crippen molar-refractivity contribution in [2.24, 2.45) is 0 Å². The maximum absolute atomic E-state index is 6.03. The first-order valence-corrected chi connectivity index (χ1v) is 6.52. The van der Waals surface area contributed by atoms with Crippen molar-refractivity contribution in [3.05, 3.63) is 47.9 Å². The van der Waals surface area contributed by atoms with Gasteiger partial charge in [-0.2, -0.15) is 9.78 Å². The van der Waals surface area contributed by atoms with E-state index in [0.29, 0.717) is 5.95 Å². The Kier molecular flexibility index (Phi) is 5.96. The summed E-state index contributed by atoms with van der Waals surface area (Å²) in [5.74, 6) is 7.28. The third kappa shape index (κ3) is 3.08. The highest BCUT2D eigenvalue weighted by molar-refractivity contribution is 5.85. The molecule has 0 fully saturated rings. The molecule has 0 aliphatic heterocycles. The first-order valence-electron chi connectivity index (χ1n) is 6.52. The predicted octanol–water partition coefficient (Wildman–Crippen LogP) is 2.56. The number of rotatable bonds is 3. The monoisotopic (exact) mass is 340 g/mol. The highest BCUT2D eigenvalue weighted by Crippen LogP contribution is 2.22. The van der Waals surface area contributed by atoms with Gasteiger partial charge in [0.05, 0.1) is 11.4 Å². The van der Waals surface area contributed by atoms with Crippen LogP contribution < -0.4 is 5.84 Å². The largest absolute Gasteiger partial charge is 0.335 e. The zero-order valence-electron chi connectivity index (χ0n) is 12.3. The van der Waals surface area contributed by atoms with Crippen LogP contribution in [0.25, 0.3) is 17.2 Å². The SMILES string of the molecule is CCc1nnc(-n2nc(C)cc2-c2ccccc2)n1N.Cl.Cl. The molecule has 0 atom stereocenters. The minimum absolute atomic E-state index is 0. The molecule has 2 aromatic heterocycles. The highest BCUT2D eigenvalue weighted by atomic mass is 35.5. The molecule has 8 heteroatoms. The Morgan fingerprint density at radius 1 is 1.09 bits per heavy atom. The van der Waals surface area contributed by atoms with Gasteiger partial charge in [-0.25, -0.2) is 4.68 Å². The number of benzene rings is 1. The van der Waals surface area contributed by atoms with E-state index >= 15 is 0 Å². The summed E-state index contributed by atoms with van der Waals surface area (Å²) in [4.78, 5) is 0. The van der Waals surface area contributed by atoms with Gasteiger partial charge in [-0.15, -0.1) is 35.0 Å². The molecule has 2 N–H and O–H groups in total. The van der Waals surface area contributed by atoms with Crippen LogP contribution in [0.1, 0.15) is 18.4 Å². The van der Waals surface area contributed by atoms with Gasteiger partial charge in [0.1, 0.15) is 0 Å². The van der Waals surface area contributed by atoms with Crippen molar-refractivity contribution in [2.75, 3.05) is 5.84 Å². The average Bonchev–Trinajstić information content (AvgIpc) is 3.02. The molecule has 6 nitrogen and oxygen atoms in total. The van der Waals surface area contributed by atoms with E-state index in [1.807, 2.05) is 50.2 Å². The normalized spacial score (nSPS) is 9.91. The lowest BCUT2D eigenvalue weighted by Gasteiger charge is -2.06. The molecule has 0 saturated heterocycles. The third-order valence-electron chi connectivity index (χ3n) is 3.16. The van der Waals surface area contributed by atoms with E-state index in [-0.39, 0.29) is 24.8 Å². The first kappa shape index (κ1) is 18.0. The van der Waals surface area contributed by atoms with Gasteiger partial charge >= 0.3 is 0 Å². The number of halogens is 2. The van der Waals surface area contributed by atoms with Gasteiger partial charge in [0.25, 0.3) is 5.95 Å². The van der Waals surface area contributed by atoms with Crippen molar-refractivity contribution >= 4 is 24.8 Å². The average molecular weight is 341 g/mol. The molecule has 118 valence electrons. The Bertz CT molecular complexity index is 735. The number of hydrogen-bond acceptors (Lipinski definition) is 4. The Labute approximate surface area is 141 Å². The van der Waals surface area contributed by atoms with E-state index in [4.69, 9.17) is 5.84 Å². The van der Waals surface area contributed by atoms with Gasteiger partial charge in [-0.05, 0) is 13.0 Å². The smallest absolute Gasteiger partial charge is 0.271 e. The van der Waals surface area contributed by atoms with E-state index in [0.717, 1.165) is 29.2 Å². The number of aryl methyl sites for hydroxylation is 2. The lowest BCUT2D eigenvalue weighted by atomic mass is 10.1. The van der Waals surface area contributed by atoms with Gasteiger partial charge in [0.2, 0.25) is 0 Å². The predicted molar refractivity (Wildman–Crippen MR) is 91.3 cm³/mol. The zero-order chi connectivity index (χ0) is 14.1. The fourth-order valence-electron chi connectivity index (χ4n) is 2.17. The van der Waals surface area contributed by atoms with Gasteiger partial charge < -0.3 is 5.84 Å². The topological polar surface area (TPSA) is 74.5 Å². The van der Waals surface area contributed by atoms with Crippen LogP contribution >= 0.6 is 24.8 Å². The van der Waals surface area contributed by atoms with Gasteiger partial charge in [0, 0.05) is 12.0 Å². The molecule has 0 amide bonds. The fourth-order valence-corrected chi connectivity index (χ4v) is 2.17. The lowest BCUT2D eigenvalue weighted by Crippen LogP contribution is -2.18. The highest BCUT2D eigenvalue weighted by Gasteiger charge is 2.16. The van der Waals surface area contributed by atoms with Crippen LogP contribution in [-0.4, -0.2) is 24.7 Å². The molecule has 1 aromatic carbocycles. The second-order valence-electron chi connectivity index (χ2n) is 4.59. The number of nitrogens with zero attached hydrogens (tertiary/aromatic N) is 5. The lowest BCUT2D eigenvalue weighted by molar-refractivity contribution is 0.754. The van der Waals surface area contributed by atoms with E-state index < -0.39 is 0 Å². The molecule has 2 heterocycles. The van der Waals surface area contributed by atoms with Crippen molar-refractivity contribution in [1.82, 2.24) is 24.7 Å². The molecule has 3 rings (SSSR count). The van der Waals surface area contributed by atoms with Crippen molar-refractivity contribution in [1.29, 1.82) is 0 Å². The van der Waals surface area contributed by atoms with Crippen LogP contribution in [0.3, 0.4) is 0 Å². The van der Waals surface area contributed by atoms with Crippen molar-refractivity contribution in [3.8, 4) is 17.2 Å². The van der Waals surface area contributed by atoms with E-state index in [9.17, 15) is 0 Å². The summed E-state index contributed by atoms with van der Waals surface area (Å²) in [6, 6.07) is 12.0. The van der Waals surface area contributed by atoms with E-state index in [2.05, 4.69) is 15.3 Å². The van der Waals surface area contributed by atoms with Crippen LogP contribution in [0.5, 0.6) is 0 Å². The molecule has 0 radical (unpaired) electrons. The summed E-state index contributed by atoms with van der Waals surface area (Å²) in [5, 5.41) is 12.7. The van der Waals surface area contributed by atoms with Crippen LogP contribution in [0, 0.1) is 6.92 Å². The molecule has 22 heavy (non-hydrogen) atoms. The molecule has 0 spiro atoms. The number of nitrogens with two attached hydrogens (primary N) is 1. The molecular weight excluding hydrogens is 323 g/mol. The van der Waals surface area contributed by atoms with Crippen LogP contribution in [0.4, 0.5) is 0 Å². The Morgan fingerprint density at radius 2 is 1.77 bits per heavy atom. The Morgan fingerprint density at radius 3 is 2.36 bits per heavy atom. The van der Waals surface area contributed by atoms with Crippen LogP contribution in [0.15, 0.2) is 36.4 Å². The van der Waals surface area contributed by atoms with Crippen LogP contribution in [-0.2, 0) is 6.42 Å². The van der Waals surface area contributed by atoms with Crippen molar-refractivity contribution in [3.63, 3.8) is 0 Å². The quantitative estimate of drug-likeness (QED) is 0.743. The number of nitrogen functional groups attached to an aromatic ring is 1. The van der Waals surface area contributed by atoms with Gasteiger partial charge in [-0.3, -0.25) is 0 Å². The molecule has 0 aliphatic carbocycles. The Hall–Kier alpha value is -2.05. The molecular formula is C14H18Cl2N6. The molecule has 0 unspecified atom stereocenters. The molecule has 0 bridgehead atoms. The number of aromatic nitrogens is 5. The summed E-state index contributed by atoms with van der Waals surface area (Å²) >= 11 is 0. The van der Waals surface area contributed by atoms with Crippen LogP contribution in [0.2, 0.25) is 0 Å². The fraction of sp³-hybridized carbons (Fsp3) is 0.214. The minimum Gasteiger partial charge on any atom is -0.335 e. The Balaban J connectivity index is 0.00000121. The van der Waals surface area contributed by atoms with Crippen molar-refractivity contribution < 1.29 is 0 Å². The number of hydrogen-bond donors (Lipinski definition) is 1. The van der Waals surface area contributed by atoms with E-state index in [1.165, 1.54) is 4.68 Å². The third-order valence-corrected chi connectivity index (χ3v) is 3.16. The van der Waals surface area contributed by atoms with Gasteiger partial charge in [-0.1, -0.05) is 37.3 Å². The minimum atomic E-state index is 0.